The Hall–Kier alpha value is -3.54. The summed E-state index contributed by atoms with van der Waals surface area (Å²) in [7, 11) is 0. The lowest BCUT2D eigenvalue weighted by Crippen LogP contribution is -2.30. The van der Waals surface area contributed by atoms with Gasteiger partial charge in [0.25, 0.3) is 11.8 Å². The molecular formula is C26H28N2O4. The van der Waals surface area contributed by atoms with Crippen molar-refractivity contribution in [3.63, 3.8) is 0 Å². The fraction of sp³-hybridized carbons (Fsp3) is 0.308. The fourth-order valence-corrected chi connectivity index (χ4v) is 3.25. The first kappa shape index (κ1) is 21.7. The summed E-state index contributed by atoms with van der Waals surface area (Å²) < 4.78 is 11.5. The van der Waals surface area contributed by atoms with Gasteiger partial charge in [-0.3, -0.25) is 9.59 Å². The molecule has 0 radical (unpaired) electrons. The molecule has 1 fully saturated rings. The van der Waals surface area contributed by atoms with Gasteiger partial charge in [-0.2, -0.15) is 0 Å². The van der Waals surface area contributed by atoms with Gasteiger partial charge in [-0.05, 0) is 65.9 Å². The van der Waals surface area contributed by atoms with E-state index < -0.39 is 0 Å². The maximum absolute atomic E-state index is 13.1. The smallest absolute Gasteiger partial charge is 0.259 e. The topological polar surface area (TPSA) is 76.7 Å². The van der Waals surface area contributed by atoms with Crippen molar-refractivity contribution >= 4 is 28.3 Å². The van der Waals surface area contributed by atoms with Gasteiger partial charge in [0.05, 0.1) is 12.2 Å². The van der Waals surface area contributed by atoms with Gasteiger partial charge in [-0.15, -0.1) is 0 Å². The van der Waals surface area contributed by atoms with Gasteiger partial charge >= 0.3 is 0 Å². The zero-order valence-electron chi connectivity index (χ0n) is 18.4. The average molecular weight is 433 g/mol. The predicted molar refractivity (Wildman–Crippen MR) is 125 cm³/mol. The Morgan fingerprint density at radius 2 is 1.66 bits per heavy atom. The highest BCUT2D eigenvalue weighted by molar-refractivity contribution is 6.08. The minimum absolute atomic E-state index is 0.128. The first-order valence-corrected chi connectivity index (χ1v) is 11.0. The van der Waals surface area contributed by atoms with Gasteiger partial charge in [0, 0.05) is 11.7 Å². The lowest BCUT2D eigenvalue weighted by atomic mass is 10.1. The van der Waals surface area contributed by atoms with E-state index in [1.165, 1.54) is 0 Å². The number of ether oxygens (including phenoxy) is 2. The molecule has 0 bridgehead atoms. The summed E-state index contributed by atoms with van der Waals surface area (Å²) in [5.74, 6) is 1.09. The van der Waals surface area contributed by atoms with Crippen LogP contribution in [0, 0.1) is 5.92 Å². The van der Waals surface area contributed by atoms with E-state index in [2.05, 4.69) is 24.5 Å². The minimum Gasteiger partial charge on any atom is -0.493 e. The Balaban J connectivity index is 1.50. The molecule has 2 amide bonds. The Kier molecular flexibility index (Phi) is 6.59. The molecule has 0 aromatic heterocycles. The molecule has 1 aliphatic rings. The summed E-state index contributed by atoms with van der Waals surface area (Å²) in [4.78, 5) is 25.2. The molecule has 32 heavy (non-hydrogen) atoms. The number of carbonyl (C=O) groups is 2. The molecule has 6 nitrogen and oxygen atoms in total. The van der Waals surface area contributed by atoms with Crippen molar-refractivity contribution in [2.75, 3.05) is 18.5 Å². The van der Waals surface area contributed by atoms with Crippen molar-refractivity contribution < 1.29 is 19.1 Å². The second-order valence-corrected chi connectivity index (χ2v) is 8.51. The quantitative estimate of drug-likeness (QED) is 0.510. The number of amides is 2. The van der Waals surface area contributed by atoms with E-state index >= 15 is 0 Å². The van der Waals surface area contributed by atoms with E-state index in [9.17, 15) is 9.59 Å². The zero-order valence-corrected chi connectivity index (χ0v) is 18.4. The molecule has 1 aliphatic carbocycles. The number of rotatable bonds is 9. The molecule has 3 aromatic rings. The Labute approximate surface area is 187 Å². The summed E-state index contributed by atoms with van der Waals surface area (Å²) in [5.41, 5.74) is 1.03. The third-order valence-electron chi connectivity index (χ3n) is 5.09. The molecule has 4 rings (SSSR count). The van der Waals surface area contributed by atoms with Crippen molar-refractivity contribution in [2.45, 2.75) is 32.7 Å². The first-order chi connectivity index (χ1) is 15.5. The normalized spacial score (nSPS) is 13.1. The van der Waals surface area contributed by atoms with Crippen molar-refractivity contribution in [1.29, 1.82) is 0 Å². The molecule has 3 aromatic carbocycles. The molecule has 0 unspecified atom stereocenters. The molecule has 0 atom stereocenters. The summed E-state index contributed by atoms with van der Waals surface area (Å²) in [6.07, 6.45) is 2.02. The number of anilines is 1. The van der Waals surface area contributed by atoms with Gasteiger partial charge in [0.2, 0.25) is 0 Å². The molecule has 1 saturated carbocycles. The lowest BCUT2D eigenvalue weighted by molar-refractivity contribution is -0.123. The number of fused-ring (bicyclic) bond motifs is 1. The average Bonchev–Trinajstić information content (AvgIpc) is 3.60. The monoisotopic (exact) mass is 432 g/mol. The molecular weight excluding hydrogens is 404 g/mol. The van der Waals surface area contributed by atoms with Crippen molar-refractivity contribution in [2.24, 2.45) is 5.92 Å². The van der Waals surface area contributed by atoms with Crippen LogP contribution in [0.15, 0.2) is 60.7 Å². The van der Waals surface area contributed by atoms with E-state index in [4.69, 9.17) is 9.47 Å². The summed E-state index contributed by atoms with van der Waals surface area (Å²) in [6.45, 7) is 4.69. The maximum atomic E-state index is 13.1. The number of carbonyl (C=O) groups excluding carboxylic acids is 2. The highest BCUT2D eigenvalue weighted by Gasteiger charge is 2.23. The van der Waals surface area contributed by atoms with Gasteiger partial charge in [0.15, 0.2) is 6.61 Å². The number of hydrogen-bond donors (Lipinski definition) is 2. The number of benzene rings is 3. The van der Waals surface area contributed by atoms with E-state index in [0.29, 0.717) is 29.5 Å². The van der Waals surface area contributed by atoms with Gasteiger partial charge < -0.3 is 20.1 Å². The molecule has 0 heterocycles. The van der Waals surface area contributed by atoms with E-state index in [1.807, 2.05) is 36.4 Å². The largest absolute Gasteiger partial charge is 0.493 e. The molecule has 6 heteroatoms. The van der Waals surface area contributed by atoms with E-state index in [-0.39, 0.29) is 24.5 Å². The summed E-state index contributed by atoms with van der Waals surface area (Å²) >= 11 is 0. The maximum Gasteiger partial charge on any atom is 0.259 e. The van der Waals surface area contributed by atoms with Crippen LogP contribution in [-0.2, 0) is 4.79 Å². The van der Waals surface area contributed by atoms with Crippen LogP contribution in [0.25, 0.3) is 10.8 Å². The van der Waals surface area contributed by atoms with Crippen molar-refractivity contribution in [3.8, 4) is 11.5 Å². The minimum atomic E-state index is -0.302. The fourth-order valence-electron chi connectivity index (χ4n) is 3.25. The standard InChI is InChI=1S/C26H28N2O4/c1-17(2)15-31-22-11-9-21(10-12-22)28-26(30)23-13-18-5-3-4-6-19(18)14-24(23)32-16-25(29)27-20-7-8-20/h3-6,9-14,17,20H,7-8,15-16H2,1-2H3,(H,27,29)(H,28,30). The van der Waals surface area contributed by atoms with E-state index in [1.54, 1.807) is 24.3 Å². The third-order valence-corrected chi connectivity index (χ3v) is 5.09. The molecule has 0 spiro atoms. The number of hydrogen-bond acceptors (Lipinski definition) is 4. The van der Waals surface area contributed by atoms with Crippen LogP contribution in [0.2, 0.25) is 0 Å². The highest BCUT2D eigenvalue weighted by Crippen LogP contribution is 2.28. The zero-order chi connectivity index (χ0) is 22.5. The molecule has 2 N–H and O–H groups in total. The molecule has 0 aliphatic heterocycles. The van der Waals surface area contributed by atoms with Crippen molar-refractivity contribution in [3.05, 3.63) is 66.2 Å². The van der Waals surface area contributed by atoms with Gasteiger partial charge in [-0.1, -0.05) is 38.1 Å². The second kappa shape index (κ2) is 9.73. The Morgan fingerprint density at radius 3 is 2.31 bits per heavy atom. The summed E-state index contributed by atoms with van der Waals surface area (Å²) in [5, 5.41) is 7.67. The van der Waals surface area contributed by atoms with Crippen LogP contribution in [0.3, 0.4) is 0 Å². The van der Waals surface area contributed by atoms with Crippen LogP contribution in [0.5, 0.6) is 11.5 Å². The van der Waals surface area contributed by atoms with E-state index in [0.717, 1.165) is 29.4 Å². The summed E-state index contributed by atoms with van der Waals surface area (Å²) in [6, 6.07) is 18.9. The van der Waals surface area contributed by atoms with Crippen molar-refractivity contribution in [1.82, 2.24) is 5.32 Å². The van der Waals surface area contributed by atoms with Gasteiger partial charge in [-0.25, -0.2) is 0 Å². The Bertz CT molecular complexity index is 1100. The van der Waals surface area contributed by atoms with Crippen LogP contribution in [0.1, 0.15) is 37.0 Å². The van der Waals surface area contributed by atoms with Gasteiger partial charge in [0.1, 0.15) is 11.5 Å². The van der Waals surface area contributed by atoms with Crippen LogP contribution < -0.4 is 20.1 Å². The lowest BCUT2D eigenvalue weighted by Gasteiger charge is -2.14. The molecule has 166 valence electrons. The van der Waals surface area contributed by atoms with Crippen LogP contribution in [0.4, 0.5) is 5.69 Å². The first-order valence-electron chi connectivity index (χ1n) is 11.0. The van der Waals surface area contributed by atoms with Crippen LogP contribution >= 0.6 is 0 Å². The second-order valence-electron chi connectivity index (χ2n) is 8.51. The predicted octanol–water partition coefficient (Wildman–Crippen LogP) is 4.78. The van der Waals surface area contributed by atoms with Crippen LogP contribution in [-0.4, -0.2) is 31.1 Å². The number of nitrogens with one attached hydrogen (secondary N) is 2. The highest BCUT2D eigenvalue weighted by atomic mass is 16.5. The molecule has 0 saturated heterocycles. The Morgan fingerprint density at radius 1 is 0.969 bits per heavy atom. The third kappa shape index (κ3) is 5.78. The SMILES string of the molecule is CC(C)COc1ccc(NC(=O)c2cc3ccccc3cc2OCC(=O)NC2CC2)cc1.